The molecule has 1 aromatic rings. The van der Waals surface area contributed by atoms with Gasteiger partial charge in [-0.05, 0) is 42.9 Å². The van der Waals surface area contributed by atoms with Gasteiger partial charge in [0.15, 0.2) is 0 Å². The largest absolute Gasteiger partial charge is 0.381 e. The van der Waals surface area contributed by atoms with E-state index in [1.54, 1.807) is 0 Å². The van der Waals surface area contributed by atoms with Gasteiger partial charge in [0.2, 0.25) is 0 Å². The Labute approximate surface area is 105 Å². The highest BCUT2D eigenvalue weighted by atomic mass is 19.1. The zero-order chi connectivity index (χ0) is 13.0. The van der Waals surface area contributed by atoms with Gasteiger partial charge in [0, 0.05) is 25.3 Å². The molecule has 1 heterocycles. The number of hydrazine groups is 1. The third kappa shape index (κ3) is 3.48. The quantitative estimate of drug-likeness (QED) is 0.642. The van der Waals surface area contributed by atoms with Crippen LogP contribution in [0.25, 0.3) is 0 Å². The summed E-state index contributed by atoms with van der Waals surface area (Å²) in [7, 11) is 0. The molecule has 5 heteroatoms. The molecule has 0 bridgehead atoms. The van der Waals surface area contributed by atoms with Crippen LogP contribution in [0.5, 0.6) is 0 Å². The Morgan fingerprint density at radius 3 is 2.39 bits per heavy atom. The molecule has 1 saturated heterocycles. The summed E-state index contributed by atoms with van der Waals surface area (Å²) in [5, 5.41) is 0. The van der Waals surface area contributed by atoms with Crippen molar-refractivity contribution >= 4 is 0 Å². The number of hydrogen-bond acceptors (Lipinski definition) is 3. The van der Waals surface area contributed by atoms with Crippen LogP contribution in [0.3, 0.4) is 0 Å². The van der Waals surface area contributed by atoms with Crippen LogP contribution in [0.4, 0.5) is 8.78 Å². The van der Waals surface area contributed by atoms with E-state index >= 15 is 0 Å². The summed E-state index contributed by atoms with van der Waals surface area (Å²) in [4.78, 5) is 0. The van der Waals surface area contributed by atoms with Crippen LogP contribution >= 0.6 is 0 Å². The van der Waals surface area contributed by atoms with Gasteiger partial charge in [0.05, 0.1) is 0 Å². The lowest BCUT2D eigenvalue weighted by Gasteiger charge is -2.26. The van der Waals surface area contributed by atoms with Gasteiger partial charge < -0.3 is 4.74 Å². The summed E-state index contributed by atoms with van der Waals surface area (Å²) in [5.41, 5.74) is 3.20. The molecule has 0 spiro atoms. The van der Waals surface area contributed by atoms with Gasteiger partial charge in [0.1, 0.15) is 11.6 Å². The summed E-state index contributed by atoms with van der Waals surface area (Å²) in [6.07, 6.45) is 2.70. The number of benzene rings is 1. The minimum atomic E-state index is -0.572. The Balaban J connectivity index is 2.06. The first-order chi connectivity index (χ1) is 8.69. The van der Waals surface area contributed by atoms with Crippen LogP contribution in [0.1, 0.15) is 30.9 Å². The number of hydrogen-bond donors (Lipinski definition) is 2. The molecule has 1 unspecified atom stereocenters. The predicted octanol–water partition coefficient (Wildman–Crippen LogP) is 2.29. The fourth-order valence-electron chi connectivity index (χ4n) is 2.39. The molecular weight excluding hydrogens is 238 g/mol. The molecule has 1 fully saturated rings. The SMILES string of the molecule is NNC(CC1CCOCC1)c1cc(F)cc(F)c1. The summed E-state index contributed by atoms with van der Waals surface area (Å²) < 4.78 is 31.6. The maximum absolute atomic E-state index is 13.2. The Bertz CT molecular complexity index is 374. The highest BCUT2D eigenvalue weighted by Crippen LogP contribution is 2.27. The van der Waals surface area contributed by atoms with Crippen LogP contribution in [0.15, 0.2) is 18.2 Å². The Morgan fingerprint density at radius 2 is 1.83 bits per heavy atom. The lowest BCUT2D eigenvalue weighted by Crippen LogP contribution is -2.31. The highest BCUT2D eigenvalue weighted by molar-refractivity contribution is 5.21. The first kappa shape index (κ1) is 13.4. The maximum Gasteiger partial charge on any atom is 0.126 e. The second-order valence-corrected chi connectivity index (χ2v) is 4.71. The molecule has 1 aliphatic heterocycles. The van der Waals surface area contributed by atoms with E-state index in [-0.39, 0.29) is 6.04 Å². The minimum absolute atomic E-state index is 0.224. The van der Waals surface area contributed by atoms with Crippen LogP contribution in [-0.2, 0) is 4.74 Å². The fraction of sp³-hybridized carbons (Fsp3) is 0.538. The van der Waals surface area contributed by atoms with Crippen molar-refractivity contribution in [2.45, 2.75) is 25.3 Å². The third-order valence-corrected chi connectivity index (χ3v) is 3.40. The summed E-state index contributed by atoms with van der Waals surface area (Å²) in [5.74, 6) is 4.83. The van der Waals surface area contributed by atoms with Crippen LogP contribution in [0.2, 0.25) is 0 Å². The molecule has 3 nitrogen and oxygen atoms in total. The third-order valence-electron chi connectivity index (χ3n) is 3.40. The molecule has 1 aliphatic rings. The lowest BCUT2D eigenvalue weighted by atomic mass is 9.90. The van der Waals surface area contributed by atoms with Gasteiger partial charge in [-0.15, -0.1) is 0 Å². The number of nitrogens with two attached hydrogens (primary N) is 1. The zero-order valence-electron chi connectivity index (χ0n) is 10.2. The van der Waals surface area contributed by atoms with E-state index < -0.39 is 11.6 Å². The Morgan fingerprint density at radius 1 is 1.22 bits per heavy atom. The highest BCUT2D eigenvalue weighted by Gasteiger charge is 2.20. The van der Waals surface area contributed by atoms with Crippen LogP contribution in [0, 0.1) is 17.6 Å². The second-order valence-electron chi connectivity index (χ2n) is 4.71. The number of ether oxygens (including phenoxy) is 1. The molecule has 0 aliphatic carbocycles. The molecule has 18 heavy (non-hydrogen) atoms. The second kappa shape index (κ2) is 6.22. The van der Waals surface area contributed by atoms with Crippen molar-refractivity contribution in [2.24, 2.45) is 11.8 Å². The smallest absolute Gasteiger partial charge is 0.126 e. The van der Waals surface area contributed by atoms with Crippen molar-refractivity contribution < 1.29 is 13.5 Å². The van der Waals surface area contributed by atoms with Crippen molar-refractivity contribution in [3.05, 3.63) is 35.4 Å². The van der Waals surface area contributed by atoms with Crippen molar-refractivity contribution in [3.8, 4) is 0 Å². The van der Waals surface area contributed by atoms with E-state index in [1.165, 1.54) is 12.1 Å². The van der Waals surface area contributed by atoms with Crippen molar-refractivity contribution in [1.29, 1.82) is 0 Å². The summed E-state index contributed by atoms with van der Waals surface area (Å²) >= 11 is 0. The summed E-state index contributed by atoms with van der Waals surface area (Å²) in [6, 6.07) is 3.30. The average molecular weight is 256 g/mol. The number of rotatable bonds is 4. The summed E-state index contributed by atoms with van der Waals surface area (Å²) in [6.45, 7) is 1.50. The van der Waals surface area contributed by atoms with E-state index in [0.717, 1.165) is 38.5 Å². The molecule has 3 N–H and O–H groups in total. The van der Waals surface area contributed by atoms with E-state index in [9.17, 15) is 8.78 Å². The van der Waals surface area contributed by atoms with Crippen molar-refractivity contribution in [1.82, 2.24) is 5.43 Å². The van der Waals surface area contributed by atoms with E-state index in [0.29, 0.717) is 11.5 Å². The normalized spacial score (nSPS) is 18.8. The molecule has 0 saturated carbocycles. The lowest BCUT2D eigenvalue weighted by molar-refractivity contribution is 0.0605. The van der Waals surface area contributed by atoms with E-state index in [1.807, 2.05) is 0 Å². The molecular formula is C13H18F2N2O. The topological polar surface area (TPSA) is 47.3 Å². The Hall–Kier alpha value is -1.04. The Kier molecular flexibility index (Phi) is 4.63. The van der Waals surface area contributed by atoms with Crippen molar-refractivity contribution in [3.63, 3.8) is 0 Å². The first-order valence-corrected chi connectivity index (χ1v) is 6.19. The molecule has 0 aromatic heterocycles. The molecule has 0 amide bonds. The molecule has 2 rings (SSSR count). The molecule has 100 valence electrons. The number of nitrogens with one attached hydrogen (secondary N) is 1. The predicted molar refractivity (Wildman–Crippen MR) is 64.6 cm³/mol. The van der Waals surface area contributed by atoms with Gasteiger partial charge in [0.25, 0.3) is 0 Å². The standard InChI is InChI=1S/C13H18F2N2O/c14-11-6-10(7-12(15)8-11)13(17-16)5-9-1-3-18-4-2-9/h6-9,13,17H,1-5,16H2. The van der Waals surface area contributed by atoms with E-state index in [4.69, 9.17) is 10.6 Å². The van der Waals surface area contributed by atoms with Gasteiger partial charge >= 0.3 is 0 Å². The molecule has 0 radical (unpaired) electrons. The molecule has 1 atom stereocenters. The van der Waals surface area contributed by atoms with Gasteiger partial charge in [-0.2, -0.15) is 0 Å². The number of halogens is 2. The van der Waals surface area contributed by atoms with Crippen LogP contribution in [-0.4, -0.2) is 13.2 Å². The monoisotopic (exact) mass is 256 g/mol. The van der Waals surface area contributed by atoms with Gasteiger partial charge in [-0.25, -0.2) is 8.78 Å². The van der Waals surface area contributed by atoms with Crippen LogP contribution < -0.4 is 11.3 Å². The first-order valence-electron chi connectivity index (χ1n) is 6.19. The average Bonchev–Trinajstić information content (AvgIpc) is 2.36. The fourth-order valence-corrected chi connectivity index (χ4v) is 2.39. The van der Waals surface area contributed by atoms with Crippen molar-refractivity contribution in [2.75, 3.05) is 13.2 Å². The minimum Gasteiger partial charge on any atom is -0.381 e. The maximum atomic E-state index is 13.2. The van der Waals surface area contributed by atoms with Gasteiger partial charge in [-0.1, -0.05) is 0 Å². The zero-order valence-corrected chi connectivity index (χ0v) is 10.2. The van der Waals surface area contributed by atoms with E-state index in [2.05, 4.69) is 5.43 Å². The van der Waals surface area contributed by atoms with Gasteiger partial charge in [-0.3, -0.25) is 11.3 Å². The molecule has 1 aromatic carbocycles.